The number of nitrogen functional groups attached to an aromatic ring is 1. The third-order valence-corrected chi connectivity index (χ3v) is 3.64. The highest BCUT2D eigenvalue weighted by atomic mass is 32.1. The number of thiazole rings is 1. The van der Waals surface area contributed by atoms with Crippen LogP contribution in [0.2, 0.25) is 0 Å². The smallest absolute Gasteiger partial charge is 0.223 e. The van der Waals surface area contributed by atoms with E-state index in [9.17, 15) is 0 Å². The van der Waals surface area contributed by atoms with E-state index in [1.807, 2.05) is 13.0 Å². The first-order valence-corrected chi connectivity index (χ1v) is 7.58. The van der Waals surface area contributed by atoms with Crippen LogP contribution in [0.3, 0.4) is 0 Å². The first-order valence-electron chi connectivity index (χ1n) is 6.70. The normalized spacial score (nSPS) is 10.5. The number of aryl methyl sites for hydroxylation is 1. The molecule has 0 aliphatic heterocycles. The Balaban J connectivity index is 1.89. The molecule has 2 rings (SSSR count). The van der Waals surface area contributed by atoms with E-state index in [-0.39, 0.29) is 5.95 Å². The molecule has 7 heteroatoms. The van der Waals surface area contributed by atoms with Crippen molar-refractivity contribution in [2.24, 2.45) is 0 Å². The minimum atomic E-state index is 0.277. The molecule has 0 unspecified atom stereocenters. The average molecular weight is 292 g/mol. The van der Waals surface area contributed by atoms with Crippen LogP contribution in [0.15, 0.2) is 11.4 Å². The lowest BCUT2D eigenvalue weighted by Gasteiger charge is -2.08. The van der Waals surface area contributed by atoms with Crippen LogP contribution in [-0.2, 0) is 6.42 Å². The van der Waals surface area contributed by atoms with E-state index >= 15 is 0 Å². The Hall–Kier alpha value is -1.89. The Labute approximate surface area is 122 Å². The fraction of sp³-hybridized carbons (Fsp3) is 0.462. The van der Waals surface area contributed by atoms with Gasteiger partial charge in [0.1, 0.15) is 11.6 Å². The second-order valence-corrected chi connectivity index (χ2v) is 5.43. The summed E-state index contributed by atoms with van der Waals surface area (Å²) in [7, 11) is 0. The number of nitrogens with zero attached hydrogens (tertiary/aromatic N) is 3. The molecule has 0 aliphatic carbocycles. The van der Waals surface area contributed by atoms with Crippen molar-refractivity contribution in [1.29, 1.82) is 0 Å². The van der Waals surface area contributed by atoms with Gasteiger partial charge in [-0.2, -0.15) is 9.97 Å². The lowest BCUT2D eigenvalue weighted by Crippen LogP contribution is -2.10. The summed E-state index contributed by atoms with van der Waals surface area (Å²) in [6, 6.07) is 1.87. The fourth-order valence-corrected chi connectivity index (χ4v) is 2.49. The molecule has 0 bridgehead atoms. The van der Waals surface area contributed by atoms with E-state index < -0.39 is 0 Å². The second-order valence-electron chi connectivity index (χ2n) is 4.48. The van der Waals surface area contributed by atoms with Crippen LogP contribution < -0.4 is 16.4 Å². The largest absolute Gasteiger partial charge is 0.370 e. The van der Waals surface area contributed by atoms with E-state index in [4.69, 9.17) is 5.73 Å². The minimum absolute atomic E-state index is 0.277. The quantitative estimate of drug-likeness (QED) is 0.725. The summed E-state index contributed by atoms with van der Waals surface area (Å²) in [5, 5.41) is 9.65. The van der Waals surface area contributed by atoms with E-state index in [2.05, 4.69) is 37.9 Å². The first-order chi connectivity index (χ1) is 9.67. The van der Waals surface area contributed by atoms with E-state index in [1.54, 1.807) is 11.3 Å². The Bertz CT molecular complexity index is 554. The van der Waals surface area contributed by atoms with Crippen molar-refractivity contribution in [3.05, 3.63) is 22.1 Å². The molecule has 0 fully saturated rings. The topological polar surface area (TPSA) is 88.8 Å². The van der Waals surface area contributed by atoms with Gasteiger partial charge in [0.05, 0.1) is 5.01 Å². The van der Waals surface area contributed by atoms with E-state index in [1.165, 1.54) is 0 Å². The summed E-state index contributed by atoms with van der Waals surface area (Å²) in [6.45, 7) is 5.75. The molecule has 2 aromatic heterocycles. The number of anilines is 3. The highest BCUT2D eigenvalue weighted by molar-refractivity contribution is 7.09. The number of rotatable bonds is 7. The van der Waals surface area contributed by atoms with Gasteiger partial charge in [0.15, 0.2) is 0 Å². The maximum absolute atomic E-state index is 5.70. The second kappa shape index (κ2) is 7.04. The van der Waals surface area contributed by atoms with Crippen molar-refractivity contribution in [1.82, 2.24) is 15.0 Å². The molecule has 20 heavy (non-hydrogen) atoms. The number of nitrogens with two attached hydrogens (primary N) is 1. The zero-order valence-corrected chi connectivity index (χ0v) is 12.6. The van der Waals surface area contributed by atoms with Gasteiger partial charge in [0.25, 0.3) is 0 Å². The monoisotopic (exact) mass is 292 g/mol. The molecule has 0 spiro atoms. The lowest BCUT2D eigenvalue weighted by molar-refractivity contribution is 0.958. The van der Waals surface area contributed by atoms with E-state index in [0.29, 0.717) is 0 Å². The van der Waals surface area contributed by atoms with Crippen molar-refractivity contribution in [3.63, 3.8) is 0 Å². The molecule has 4 N–H and O–H groups in total. The van der Waals surface area contributed by atoms with Gasteiger partial charge in [-0.15, -0.1) is 11.3 Å². The molecule has 0 aliphatic rings. The van der Waals surface area contributed by atoms with Gasteiger partial charge in [0, 0.05) is 36.7 Å². The summed E-state index contributed by atoms with van der Waals surface area (Å²) in [5.74, 6) is 1.77. The van der Waals surface area contributed by atoms with Crippen LogP contribution in [0.1, 0.15) is 24.0 Å². The molecule has 0 atom stereocenters. The van der Waals surface area contributed by atoms with Crippen molar-refractivity contribution < 1.29 is 0 Å². The van der Waals surface area contributed by atoms with Gasteiger partial charge >= 0.3 is 0 Å². The number of hydrogen-bond donors (Lipinski definition) is 3. The molecule has 0 aromatic carbocycles. The average Bonchev–Trinajstić information content (AvgIpc) is 2.81. The molecular weight excluding hydrogens is 272 g/mol. The maximum Gasteiger partial charge on any atom is 0.223 e. The van der Waals surface area contributed by atoms with Crippen LogP contribution in [0.5, 0.6) is 0 Å². The molecule has 0 radical (unpaired) electrons. The molecule has 0 saturated heterocycles. The zero-order chi connectivity index (χ0) is 14.4. The van der Waals surface area contributed by atoms with E-state index in [0.717, 1.165) is 48.3 Å². The standard InChI is InChI=1S/C13H20N6S/c1-3-5-15-10-7-11(19-13(14)18-10)16-6-4-12-17-9(2)8-20-12/h7-8H,3-6H2,1-2H3,(H4,14,15,16,18,19). The molecule has 2 aromatic rings. The van der Waals surface area contributed by atoms with Gasteiger partial charge in [0.2, 0.25) is 5.95 Å². The number of hydrogen-bond acceptors (Lipinski definition) is 7. The summed E-state index contributed by atoms with van der Waals surface area (Å²) in [5.41, 5.74) is 6.78. The predicted molar refractivity (Wildman–Crippen MR) is 84.3 cm³/mol. The Morgan fingerprint density at radius 3 is 2.45 bits per heavy atom. The van der Waals surface area contributed by atoms with Crippen molar-refractivity contribution in [3.8, 4) is 0 Å². The number of nitrogens with one attached hydrogen (secondary N) is 2. The first kappa shape index (κ1) is 14.5. The summed E-state index contributed by atoms with van der Waals surface area (Å²) >= 11 is 1.68. The third kappa shape index (κ3) is 4.34. The van der Waals surface area contributed by atoms with Gasteiger partial charge in [-0.05, 0) is 13.3 Å². The summed E-state index contributed by atoms with van der Waals surface area (Å²) < 4.78 is 0. The molecule has 2 heterocycles. The Morgan fingerprint density at radius 2 is 1.85 bits per heavy atom. The van der Waals surface area contributed by atoms with Crippen LogP contribution >= 0.6 is 11.3 Å². The molecular formula is C13H20N6S. The minimum Gasteiger partial charge on any atom is -0.370 e. The Morgan fingerprint density at radius 1 is 1.15 bits per heavy atom. The van der Waals surface area contributed by atoms with Crippen molar-refractivity contribution >= 4 is 28.9 Å². The molecule has 6 nitrogen and oxygen atoms in total. The number of aromatic nitrogens is 3. The Kier molecular flexibility index (Phi) is 5.11. The highest BCUT2D eigenvalue weighted by Gasteiger charge is 2.03. The van der Waals surface area contributed by atoms with Crippen molar-refractivity contribution in [2.75, 3.05) is 29.5 Å². The van der Waals surface area contributed by atoms with Gasteiger partial charge in [-0.3, -0.25) is 0 Å². The van der Waals surface area contributed by atoms with Crippen LogP contribution in [0.25, 0.3) is 0 Å². The van der Waals surface area contributed by atoms with Gasteiger partial charge in [-0.25, -0.2) is 4.98 Å². The fourth-order valence-electron chi connectivity index (χ4n) is 1.72. The molecule has 108 valence electrons. The summed E-state index contributed by atoms with van der Waals surface area (Å²) in [6.07, 6.45) is 1.91. The van der Waals surface area contributed by atoms with Gasteiger partial charge in [-0.1, -0.05) is 6.92 Å². The van der Waals surface area contributed by atoms with Crippen LogP contribution in [-0.4, -0.2) is 28.0 Å². The summed E-state index contributed by atoms with van der Waals surface area (Å²) in [4.78, 5) is 12.7. The van der Waals surface area contributed by atoms with Crippen LogP contribution in [0.4, 0.5) is 17.6 Å². The zero-order valence-electron chi connectivity index (χ0n) is 11.8. The third-order valence-electron chi connectivity index (χ3n) is 2.61. The SMILES string of the molecule is CCCNc1cc(NCCc2nc(C)cs2)nc(N)n1. The predicted octanol–water partition coefficient (Wildman–Crippen LogP) is 2.30. The van der Waals surface area contributed by atoms with Crippen LogP contribution in [0, 0.1) is 6.92 Å². The van der Waals surface area contributed by atoms with Gasteiger partial charge < -0.3 is 16.4 Å². The molecule has 0 amide bonds. The highest BCUT2D eigenvalue weighted by Crippen LogP contribution is 2.13. The van der Waals surface area contributed by atoms with Crippen molar-refractivity contribution in [2.45, 2.75) is 26.7 Å². The molecule has 0 saturated carbocycles. The lowest BCUT2D eigenvalue weighted by atomic mass is 10.4. The maximum atomic E-state index is 5.70.